The summed E-state index contributed by atoms with van der Waals surface area (Å²) in [4.78, 5) is 30.6. The Morgan fingerprint density at radius 3 is 0.815 bits per heavy atom. The highest BCUT2D eigenvalue weighted by Crippen LogP contribution is 2.47. The lowest BCUT2D eigenvalue weighted by atomic mass is 9.95. The van der Waals surface area contributed by atoms with E-state index in [1.807, 2.05) is 228 Å². The first-order valence-electron chi connectivity index (χ1n) is 33.8. The maximum Gasteiger partial charge on any atom is 0.417 e. The minimum absolute atomic E-state index is 0.0349. The van der Waals surface area contributed by atoms with Gasteiger partial charge in [0.25, 0.3) is 0 Å². The quantitative estimate of drug-likeness (QED) is 0.113. The number of halogens is 12. The number of hydrogen-bond donors (Lipinski definition) is 0. The number of aromatic nitrogens is 8. The number of rotatable bonds is 12. The third-order valence-corrected chi connectivity index (χ3v) is 19.1. The van der Waals surface area contributed by atoms with Gasteiger partial charge < -0.3 is 9.13 Å². The molecule has 0 radical (unpaired) electrons. The molecule has 13 aromatic carbocycles. The second-order valence-electron chi connectivity index (χ2n) is 25.9. The summed E-state index contributed by atoms with van der Waals surface area (Å²) in [6.07, 6.45) is -20.4. The average Bonchev–Trinajstić information content (AvgIpc) is 1.58. The van der Waals surface area contributed by atoms with Gasteiger partial charge in [-0.2, -0.15) is 52.7 Å². The largest absolute Gasteiger partial charge is 0.417 e. The molecule has 526 valence electrons. The van der Waals surface area contributed by atoms with Gasteiger partial charge in [-0.25, -0.2) is 29.9 Å². The van der Waals surface area contributed by atoms with E-state index in [2.05, 4.69) is 0 Å². The third kappa shape index (κ3) is 12.8. The summed E-state index contributed by atoms with van der Waals surface area (Å²) in [5.74, 6) is 2.06. The molecular formula is C88H50F12N8. The Labute approximate surface area is 606 Å². The Balaban J connectivity index is 0.888. The van der Waals surface area contributed by atoms with E-state index in [-0.39, 0.29) is 34.9 Å². The van der Waals surface area contributed by atoms with Gasteiger partial charge in [0, 0.05) is 66.3 Å². The van der Waals surface area contributed by atoms with E-state index in [0.29, 0.717) is 146 Å². The molecule has 17 aromatic rings. The summed E-state index contributed by atoms with van der Waals surface area (Å²) < 4.78 is 177. The minimum Gasteiger partial charge on any atom is -0.309 e. The fourth-order valence-corrected chi connectivity index (χ4v) is 14.1. The van der Waals surface area contributed by atoms with Gasteiger partial charge in [0.1, 0.15) is 0 Å². The number of fused-ring (bicyclic) bond motifs is 6. The van der Waals surface area contributed by atoms with E-state index >= 15 is 0 Å². The molecule has 0 spiro atoms. The molecule has 108 heavy (non-hydrogen) atoms. The molecule has 4 heterocycles. The highest BCUT2D eigenvalue weighted by molar-refractivity contribution is 6.12. The van der Waals surface area contributed by atoms with Crippen molar-refractivity contribution in [3.8, 4) is 124 Å². The van der Waals surface area contributed by atoms with E-state index in [1.54, 1.807) is 36.4 Å². The molecule has 4 aromatic heterocycles. The smallest absolute Gasteiger partial charge is 0.309 e. The average molecular weight is 1450 g/mol. The number of nitrogens with zero attached hydrogens (tertiary/aromatic N) is 8. The molecule has 0 atom stereocenters. The number of benzene rings is 13. The van der Waals surface area contributed by atoms with Gasteiger partial charge >= 0.3 is 24.7 Å². The lowest BCUT2D eigenvalue weighted by molar-refractivity contribution is -0.144. The highest BCUT2D eigenvalue weighted by atomic mass is 19.4. The standard InChI is InChI=1S/C88H50F12N8/c89-85(90,91)63-34-36-67(73(49-63)87(95,96)97)57-32-38-77-71(47-57)69-28-13-15-30-75(69)107(77)65-43-59(41-61(45-65)83-103-79(51-18-5-1-6-19-51)101-80(104-83)52-20-7-2-8-21-52)55-26-17-27-56(40-55)60-42-62(84-105-81(53-22-9-3-10-23-53)102-82(106-84)54-24-11-4-12-25-54)46-66(44-60)108-76-31-16-14-29-70(76)72-48-58(33-39-78(72)108)68-37-35-64(86(92,93)94)50-74(68)88(98,99)100/h1-50H. The van der Waals surface area contributed by atoms with Gasteiger partial charge in [-0.05, 0) is 148 Å². The monoisotopic (exact) mass is 1450 g/mol. The lowest BCUT2D eigenvalue weighted by Gasteiger charge is -2.17. The van der Waals surface area contributed by atoms with E-state index in [9.17, 15) is 52.7 Å². The van der Waals surface area contributed by atoms with Crippen LogP contribution in [0.1, 0.15) is 22.3 Å². The first kappa shape index (κ1) is 67.8. The Hall–Kier alpha value is -13.4. The molecule has 0 amide bonds. The van der Waals surface area contributed by atoms with Gasteiger partial charge in [0.15, 0.2) is 34.9 Å². The van der Waals surface area contributed by atoms with Crippen molar-refractivity contribution in [3.05, 3.63) is 326 Å². The Kier molecular flexibility index (Phi) is 16.5. The molecule has 0 aliphatic carbocycles. The van der Waals surface area contributed by atoms with Crippen LogP contribution >= 0.6 is 0 Å². The third-order valence-electron chi connectivity index (χ3n) is 19.1. The molecule has 0 aliphatic rings. The molecule has 0 saturated heterocycles. The summed E-state index contributed by atoms with van der Waals surface area (Å²) in [6, 6.07) is 84.3. The van der Waals surface area contributed by atoms with Crippen molar-refractivity contribution in [2.24, 2.45) is 0 Å². The van der Waals surface area contributed by atoms with Gasteiger partial charge in [-0.15, -0.1) is 0 Å². The van der Waals surface area contributed by atoms with Crippen LogP contribution in [0.3, 0.4) is 0 Å². The van der Waals surface area contributed by atoms with Crippen molar-refractivity contribution in [3.63, 3.8) is 0 Å². The second-order valence-corrected chi connectivity index (χ2v) is 25.9. The van der Waals surface area contributed by atoms with E-state index in [4.69, 9.17) is 29.9 Å². The molecule has 0 N–H and O–H groups in total. The van der Waals surface area contributed by atoms with Gasteiger partial charge in [-0.3, -0.25) is 0 Å². The van der Waals surface area contributed by atoms with Crippen molar-refractivity contribution in [2.75, 3.05) is 0 Å². The van der Waals surface area contributed by atoms with Crippen molar-refractivity contribution in [1.29, 1.82) is 0 Å². The van der Waals surface area contributed by atoms with Crippen LogP contribution in [0.15, 0.2) is 303 Å². The predicted octanol–water partition coefficient (Wildman–Crippen LogP) is 25.0. The molecule has 0 fully saturated rings. The maximum atomic E-state index is 14.9. The topological polar surface area (TPSA) is 87.2 Å². The summed E-state index contributed by atoms with van der Waals surface area (Å²) >= 11 is 0. The van der Waals surface area contributed by atoms with Crippen LogP contribution in [0.4, 0.5) is 52.7 Å². The Bertz CT molecular complexity index is 5870. The first-order chi connectivity index (χ1) is 52.0. The molecule has 0 aliphatic heterocycles. The summed E-state index contributed by atoms with van der Waals surface area (Å²) in [5, 5.41) is 2.26. The number of hydrogen-bond acceptors (Lipinski definition) is 6. The van der Waals surface area contributed by atoms with Crippen molar-refractivity contribution in [2.45, 2.75) is 24.7 Å². The SMILES string of the molecule is FC(F)(F)c1ccc(-c2ccc3c(c2)c2ccccc2n3-c2cc(-c3cccc(-c4cc(-c5nc(-c6ccccc6)nc(-c6ccccc6)n5)cc(-n5c6ccccc6c6cc(-c7ccc(C(F)(F)F)cc7C(F)(F)F)ccc65)c4)c3)cc(-c3nc(-c4ccccc4)nc(-c4ccccc4)n3)c2)c(C(F)(F)F)c1. The molecular weight excluding hydrogens is 1400 g/mol. The van der Waals surface area contributed by atoms with Gasteiger partial charge in [0.05, 0.1) is 44.3 Å². The minimum atomic E-state index is -5.15. The highest BCUT2D eigenvalue weighted by Gasteiger charge is 2.40. The number of para-hydroxylation sites is 2. The Morgan fingerprint density at radius 1 is 0.194 bits per heavy atom. The second kappa shape index (κ2) is 26.3. The number of alkyl halides is 12. The lowest BCUT2D eigenvalue weighted by Crippen LogP contribution is -2.12. The zero-order chi connectivity index (χ0) is 74.4. The molecule has 0 bridgehead atoms. The fraction of sp³-hybridized carbons (Fsp3) is 0.0455. The fourth-order valence-electron chi connectivity index (χ4n) is 14.1. The van der Waals surface area contributed by atoms with Crippen molar-refractivity contribution in [1.82, 2.24) is 39.0 Å². The van der Waals surface area contributed by atoms with E-state index in [1.165, 1.54) is 12.1 Å². The van der Waals surface area contributed by atoms with Crippen LogP contribution < -0.4 is 0 Å². The molecule has 0 saturated carbocycles. The van der Waals surface area contributed by atoms with Crippen LogP contribution in [-0.2, 0) is 24.7 Å². The molecule has 20 heteroatoms. The van der Waals surface area contributed by atoms with Gasteiger partial charge in [-0.1, -0.05) is 200 Å². The van der Waals surface area contributed by atoms with Crippen LogP contribution in [-0.4, -0.2) is 39.0 Å². The molecule has 0 unspecified atom stereocenters. The predicted molar refractivity (Wildman–Crippen MR) is 396 cm³/mol. The van der Waals surface area contributed by atoms with E-state index in [0.717, 1.165) is 12.1 Å². The van der Waals surface area contributed by atoms with Gasteiger partial charge in [0.2, 0.25) is 0 Å². The maximum absolute atomic E-state index is 14.9. The zero-order valence-electron chi connectivity index (χ0n) is 56.0. The summed E-state index contributed by atoms with van der Waals surface area (Å²) in [5.41, 5.74) is 3.42. The summed E-state index contributed by atoms with van der Waals surface area (Å²) in [7, 11) is 0. The van der Waals surface area contributed by atoms with E-state index < -0.39 is 58.1 Å². The molecule has 17 rings (SSSR count). The Morgan fingerprint density at radius 2 is 0.481 bits per heavy atom. The summed E-state index contributed by atoms with van der Waals surface area (Å²) in [6.45, 7) is 0. The van der Waals surface area contributed by atoms with Crippen LogP contribution in [0.5, 0.6) is 0 Å². The molecule has 8 nitrogen and oxygen atoms in total. The van der Waals surface area contributed by atoms with Crippen molar-refractivity contribution >= 4 is 43.6 Å². The zero-order valence-corrected chi connectivity index (χ0v) is 56.0. The van der Waals surface area contributed by atoms with Crippen LogP contribution in [0, 0.1) is 0 Å². The first-order valence-corrected chi connectivity index (χ1v) is 33.8. The van der Waals surface area contributed by atoms with Crippen LogP contribution in [0.2, 0.25) is 0 Å². The van der Waals surface area contributed by atoms with Crippen LogP contribution in [0.25, 0.3) is 168 Å². The van der Waals surface area contributed by atoms with Crippen molar-refractivity contribution < 1.29 is 52.7 Å². The normalized spacial score (nSPS) is 12.3.